The second-order valence-corrected chi connectivity index (χ2v) is 6.19. The lowest BCUT2D eigenvalue weighted by Gasteiger charge is -2.30. The van der Waals surface area contributed by atoms with Crippen LogP contribution in [-0.2, 0) is 11.2 Å². The van der Waals surface area contributed by atoms with Crippen LogP contribution >= 0.6 is 0 Å². The molecule has 1 amide bonds. The summed E-state index contributed by atoms with van der Waals surface area (Å²) in [6, 6.07) is 0. The maximum absolute atomic E-state index is 12.8. The zero-order valence-corrected chi connectivity index (χ0v) is 13.9. The molecule has 2 N–H and O–H groups in total. The topological polar surface area (TPSA) is 90.5 Å². The van der Waals surface area contributed by atoms with Crippen molar-refractivity contribution in [3.05, 3.63) is 22.5 Å². The number of ketones is 1. The average molecular weight is 320 g/mol. The molecule has 0 aromatic carbocycles. The number of carbonyl (C=O) groups is 3. The predicted octanol–water partition coefficient (Wildman–Crippen LogP) is 2.42. The third-order valence-corrected chi connectivity index (χ3v) is 4.49. The molecule has 1 aliphatic heterocycles. The molecule has 1 aromatic heterocycles. The number of hydrogen-bond donors (Lipinski definition) is 2. The zero-order chi connectivity index (χ0) is 17.1. The van der Waals surface area contributed by atoms with Gasteiger partial charge in [-0.3, -0.25) is 14.4 Å². The molecule has 1 aliphatic rings. The number of likely N-dealkylation sites (tertiary alicyclic amines) is 1. The number of carboxylic acid groups (broad SMARTS) is 1. The number of amides is 1. The molecule has 0 unspecified atom stereocenters. The van der Waals surface area contributed by atoms with E-state index in [0.717, 1.165) is 17.7 Å². The highest BCUT2D eigenvalue weighted by Crippen LogP contribution is 2.25. The number of aliphatic carboxylic acids is 1. The highest BCUT2D eigenvalue weighted by Gasteiger charge is 2.30. The summed E-state index contributed by atoms with van der Waals surface area (Å²) in [6.07, 6.45) is 2.47. The molecular weight excluding hydrogens is 296 g/mol. The van der Waals surface area contributed by atoms with Gasteiger partial charge in [0.05, 0.1) is 5.92 Å². The van der Waals surface area contributed by atoms with E-state index in [4.69, 9.17) is 5.11 Å². The molecule has 1 fully saturated rings. The fraction of sp³-hybridized carbons (Fsp3) is 0.588. The van der Waals surface area contributed by atoms with Crippen LogP contribution in [-0.4, -0.2) is 45.7 Å². The van der Waals surface area contributed by atoms with Crippen LogP contribution in [0.3, 0.4) is 0 Å². The average Bonchev–Trinajstić information content (AvgIpc) is 2.83. The second-order valence-electron chi connectivity index (χ2n) is 6.19. The zero-order valence-electron chi connectivity index (χ0n) is 13.9. The number of carboxylic acids is 1. The van der Waals surface area contributed by atoms with Crippen LogP contribution in [0.25, 0.3) is 0 Å². The Labute approximate surface area is 135 Å². The Balaban J connectivity index is 2.24. The SMILES string of the molecule is CCCc1c(C(=O)N2CCC(C(=O)O)CC2)[nH]c(C)c1C(C)=O. The lowest BCUT2D eigenvalue weighted by atomic mass is 9.96. The molecule has 0 atom stereocenters. The molecule has 2 rings (SSSR count). The van der Waals surface area contributed by atoms with E-state index in [1.807, 2.05) is 13.8 Å². The van der Waals surface area contributed by atoms with Crippen LogP contribution < -0.4 is 0 Å². The van der Waals surface area contributed by atoms with Gasteiger partial charge in [0.25, 0.3) is 5.91 Å². The standard InChI is InChI=1S/C17H24N2O4/c1-4-5-13-14(11(3)20)10(2)18-15(13)16(21)19-8-6-12(7-9-19)17(22)23/h12,18H,4-9H2,1-3H3,(H,22,23). The van der Waals surface area contributed by atoms with Crippen LogP contribution in [0.4, 0.5) is 0 Å². The Morgan fingerprint density at radius 2 is 1.87 bits per heavy atom. The van der Waals surface area contributed by atoms with Crippen molar-refractivity contribution < 1.29 is 19.5 Å². The molecule has 0 spiro atoms. The first-order valence-corrected chi connectivity index (χ1v) is 8.11. The van der Waals surface area contributed by atoms with E-state index < -0.39 is 5.97 Å². The van der Waals surface area contributed by atoms with Gasteiger partial charge in [0.2, 0.25) is 0 Å². The largest absolute Gasteiger partial charge is 0.481 e. The number of hydrogen-bond acceptors (Lipinski definition) is 3. The normalized spacial score (nSPS) is 15.7. The van der Waals surface area contributed by atoms with Crippen molar-refractivity contribution in [2.45, 2.75) is 46.5 Å². The number of aromatic amines is 1. The molecule has 0 saturated carbocycles. The first-order chi connectivity index (χ1) is 10.9. The summed E-state index contributed by atoms with van der Waals surface area (Å²) in [5.74, 6) is -1.33. The molecule has 1 aromatic rings. The van der Waals surface area contributed by atoms with Crippen molar-refractivity contribution in [1.29, 1.82) is 0 Å². The van der Waals surface area contributed by atoms with Gasteiger partial charge in [0, 0.05) is 24.3 Å². The molecule has 2 heterocycles. The predicted molar refractivity (Wildman–Crippen MR) is 85.8 cm³/mol. The fourth-order valence-electron chi connectivity index (χ4n) is 3.32. The van der Waals surface area contributed by atoms with Crippen molar-refractivity contribution in [2.24, 2.45) is 5.92 Å². The number of Topliss-reactive ketones (excluding diaryl/α,β-unsaturated/α-hetero) is 1. The van der Waals surface area contributed by atoms with Crippen LogP contribution in [0.5, 0.6) is 0 Å². The fourth-order valence-corrected chi connectivity index (χ4v) is 3.32. The second kappa shape index (κ2) is 6.98. The maximum atomic E-state index is 12.8. The van der Waals surface area contributed by atoms with Crippen molar-refractivity contribution in [2.75, 3.05) is 13.1 Å². The minimum absolute atomic E-state index is 0.0363. The lowest BCUT2D eigenvalue weighted by molar-refractivity contribution is -0.143. The van der Waals surface area contributed by atoms with E-state index in [1.165, 1.54) is 6.92 Å². The van der Waals surface area contributed by atoms with Crippen LogP contribution in [0.2, 0.25) is 0 Å². The summed E-state index contributed by atoms with van der Waals surface area (Å²) in [7, 11) is 0. The first kappa shape index (κ1) is 17.2. The Morgan fingerprint density at radius 1 is 1.26 bits per heavy atom. The van der Waals surface area contributed by atoms with E-state index in [2.05, 4.69) is 4.98 Å². The van der Waals surface area contributed by atoms with E-state index in [9.17, 15) is 14.4 Å². The van der Waals surface area contributed by atoms with Gasteiger partial charge in [0.1, 0.15) is 5.69 Å². The van der Waals surface area contributed by atoms with Gasteiger partial charge in [-0.1, -0.05) is 13.3 Å². The van der Waals surface area contributed by atoms with E-state index >= 15 is 0 Å². The number of rotatable bonds is 5. The number of aryl methyl sites for hydroxylation is 1. The van der Waals surface area contributed by atoms with E-state index in [0.29, 0.717) is 43.6 Å². The first-order valence-electron chi connectivity index (χ1n) is 8.11. The summed E-state index contributed by atoms with van der Waals surface area (Å²) in [5.41, 5.74) is 2.63. The Morgan fingerprint density at radius 3 is 2.35 bits per heavy atom. The van der Waals surface area contributed by atoms with Crippen LogP contribution in [0, 0.1) is 12.8 Å². The van der Waals surface area contributed by atoms with Gasteiger partial charge in [-0.25, -0.2) is 0 Å². The Bertz CT molecular complexity index is 625. The van der Waals surface area contributed by atoms with Gasteiger partial charge < -0.3 is 15.0 Å². The molecule has 0 radical (unpaired) electrons. The number of H-pyrrole nitrogens is 1. The number of aromatic nitrogens is 1. The van der Waals surface area contributed by atoms with Crippen molar-refractivity contribution in [3.8, 4) is 0 Å². The monoisotopic (exact) mass is 320 g/mol. The summed E-state index contributed by atoms with van der Waals surface area (Å²) >= 11 is 0. The molecule has 0 aliphatic carbocycles. The quantitative estimate of drug-likeness (QED) is 0.815. The van der Waals surface area contributed by atoms with Gasteiger partial charge in [-0.2, -0.15) is 0 Å². The molecule has 6 heteroatoms. The molecule has 6 nitrogen and oxygen atoms in total. The molecule has 1 saturated heterocycles. The van der Waals surface area contributed by atoms with Crippen molar-refractivity contribution in [3.63, 3.8) is 0 Å². The lowest BCUT2D eigenvalue weighted by Crippen LogP contribution is -2.40. The number of nitrogens with zero attached hydrogens (tertiary/aromatic N) is 1. The third kappa shape index (κ3) is 3.46. The van der Waals surface area contributed by atoms with E-state index in [1.54, 1.807) is 4.90 Å². The minimum atomic E-state index is -0.793. The Kier molecular flexibility index (Phi) is 5.23. The van der Waals surface area contributed by atoms with Crippen molar-refractivity contribution >= 4 is 17.7 Å². The highest BCUT2D eigenvalue weighted by atomic mass is 16.4. The maximum Gasteiger partial charge on any atom is 0.306 e. The molecule has 0 bridgehead atoms. The van der Waals surface area contributed by atoms with Gasteiger partial charge in [-0.15, -0.1) is 0 Å². The molecular formula is C17H24N2O4. The van der Waals surface area contributed by atoms with Crippen LogP contribution in [0.15, 0.2) is 0 Å². The third-order valence-electron chi connectivity index (χ3n) is 4.49. The number of nitrogens with one attached hydrogen (secondary N) is 1. The Hall–Kier alpha value is -2.11. The van der Waals surface area contributed by atoms with Gasteiger partial charge in [-0.05, 0) is 38.7 Å². The summed E-state index contributed by atoms with van der Waals surface area (Å²) < 4.78 is 0. The summed E-state index contributed by atoms with van der Waals surface area (Å²) in [5, 5.41) is 9.05. The molecule has 23 heavy (non-hydrogen) atoms. The number of piperidine rings is 1. The van der Waals surface area contributed by atoms with E-state index in [-0.39, 0.29) is 17.6 Å². The van der Waals surface area contributed by atoms with Crippen molar-refractivity contribution in [1.82, 2.24) is 9.88 Å². The minimum Gasteiger partial charge on any atom is -0.481 e. The van der Waals surface area contributed by atoms with Crippen LogP contribution in [0.1, 0.15) is 65.2 Å². The highest BCUT2D eigenvalue weighted by molar-refractivity contribution is 6.02. The summed E-state index contributed by atoms with van der Waals surface area (Å²) in [4.78, 5) is 40.5. The summed E-state index contributed by atoms with van der Waals surface area (Å²) in [6.45, 7) is 6.22. The van der Waals surface area contributed by atoms with Gasteiger partial charge >= 0.3 is 5.97 Å². The number of carbonyl (C=O) groups excluding carboxylic acids is 2. The van der Waals surface area contributed by atoms with Gasteiger partial charge in [0.15, 0.2) is 5.78 Å². The molecule has 126 valence electrons. The smallest absolute Gasteiger partial charge is 0.306 e.